The predicted molar refractivity (Wildman–Crippen MR) is 55.1 cm³/mol. The molecule has 0 saturated carbocycles. The van der Waals surface area contributed by atoms with Crippen LogP contribution in [-0.4, -0.2) is 15.4 Å². The van der Waals surface area contributed by atoms with Crippen LogP contribution in [0.2, 0.25) is 0 Å². The van der Waals surface area contributed by atoms with Crippen molar-refractivity contribution in [2.75, 3.05) is 0 Å². The molecule has 0 saturated heterocycles. The molecule has 1 N–H and O–H groups in total. The summed E-state index contributed by atoms with van der Waals surface area (Å²) in [6.45, 7) is 2.01. The van der Waals surface area contributed by atoms with Crippen LogP contribution in [0.1, 0.15) is 29.8 Å². The summed E-state index contributed by atoms with van der Waals surface area (Å²) in [6, 6.07) is 12.0. The van der Waals surface area contributed by atoms with Crippen molar-refractivity contribution < 1.29 is 0 Å². The van der Waals surface area contributed by atoms with E-state index in [-0.39, 0.29) is 5.92 Å². The Kier molecular flexibility index (Phi) is 2.46. The van der Waals surface area contributed by atoms with E-state index in [0.717, 1.165) is 5.56 Å². The van der Waals surface area contributed by atoms with Crippen LogP contribution in [0.25, 0.3) is 0 Å². The van der Waals surface area contributed by atoms with E-state index in [1.54, 1.807) is 0 Å². The molecule has 1 heterocycles. The summed E-state index contributed by atoms with van der Waals surface area (Å²) in [7, 11) is 0. The van der Waals surface area contributed by atoms with Gasteiger partial charge in [-0.05, 0) is 5.56 Å². The lowest BCUT2D eigenvalue weighted by molar-refractivity contribution is 0.840. The second kappa shape index (κ2) is 3.93. The zero-order valence-corrected chi connectivity index (χ0v) is 8.31. The van der Waals surface area contributed by atoms with Crippen molar-refractivity contribution in [2.24, 2.45) is 0 Å². The molecule has 0 amide bonds. The van der Waals surface area contributed by atoms with Gasteiger partial charge < -0.3 is 0 Å². The van der Waals surface area contributed by atoms with E-state index in [1.807, 2.05) is 43.3 Å². The number of nitriles is 1. The molecular formula is C11H10N4. The zero-order valence-electron chi connectivity index (χ0n) is 8.31. The highest BCUT2D eigenvalue weighted by atomic mass is 15.3. The molecule has 1 aromatic carbocycles. The van der Waals surface area contributed by atoms with Crippen LogP contribution in [0.15, 0.2) is 30.3 Å². The summed E-state index contributed by atoms with van der Waals surface area (Å²) in [5.41, 5.74) is 2.19. The molecule has 15 heavy (non-hydrogen) atoms. The lowest BCUT2D eigenvalue weighted by atomic mass is 9.97. The van der Waals surface area contributed by atoms with Gasteiger partial charge in [-0.2, -0.15) is 15.6 Å². The number of benzene rings is 1. The molecule has 0 aliphatic carbocycles. The van der Waals surface area contributed by atoms with Crippen molar-refractivity contribution in [1.29, 1.82) is 5.26 Å². The van der Waals surface area contributed by atoms with Crippen LogP contribution >= 0.6 is 0 Å². The Morgan fingerprint density at radius 2 is 2.00 bits per heavy atom. The van der Waals surface area contributed by atoms with Crippen LogP contribution in [0.4, 0.5) is 0 Å². The zero-order chi connectivity index (χ0) is 10.7. The van der Waals surface area contributed by atoms with Crippen LogP contribution in [0, 0.1) is 11.3 Å². The Labute approximate surface area is 87.6 Å². The van der Waals surface area contributed by atoms with E-state index in [1.165, 1.54) is 0 Å². The highest BCUT2D eigenvalue weighted by Gasteiger charge is 2.16. The fraction of sp³-hybridized carbons (Fsp3) is 0.182. The third-order valence-corrected chi connectivity index (χ3v) is 2.39. The normalized spacial score (nSPS) is 12.0. The number of nitrogens with one attached hydrogen (secondary N) is 1. The van der Waals surface area contributed by atoms with Gasteiger partial charge in [-0.25, -0.2) is 0 Å². The standard InChI is InChI=1S/C11H10N4/c1-8(9-5-3-2-4-6-9)11-10(7-12)13-15-14-11/h2-6,8H,1H3,(H,13,14,15). The molecular weight excluding hydrogens is 188 g/mol. The SMILES string of the molecule is CC(c1ccccc1)c1n[nH]nc1C#N. The highest BCUT2D eigenvalue weighted by molar-refractivity contribution is 5.34. The Hall–Kier alpha value is -2.15. The molecule has 0 aliphatic rings. The summed E-state index contributed by atoms with van der Waals surface area (Å²) in [5, 5.41) is 19.1. The number of aromatic nitrogens is 3. The molecule has 0 aliphatic heterocycles. The quantitative estimate of drug-likeness (QED) is 0.800. The lowest BCUT2D eigenvalue weighted by Gasteiger charge is -2.07. The molecule has 4 heteroatoms. The third-order valence-electron chi connectivity index (χ3n) is 2.39. The van der Waals surface area contributed by atoms with Gasteiger partial charge in [0.1, 0.15) is 11.8 Å². The fourth-order valence-electron chi connectivity index (χ4n) is 1.52. The van der Waals surface area contributed by atoms with Gasteiger partial charge in [0.05, 0.1) is 0 Å². The average Bonchev–Trinajstić information content (AvgIpc) is 2.77. The van der Waals surface area contributed by atoms with Crippen LogP contribution in [0.3, 0.4) is 0 Å². The Morgan fingerprint density at radius 1 is 1.27 bits per heavy atom. The maximum Gasteiger partial charge on any atom is 0.186 e. The third kappa shape index (κ3) is 1.72. The minimum atomic E-state index is 0.0830. The smallest absolute Gasteiger partial charge is 0.186 e. The summed E-state index contributed by atoms with van der Waals surface area (Å²) in [6.07, 6.45) is 0. The first-order valence-electron chi connectivity index (χ1n) is 4.68. The molecule has 1 unspecified atom stereocenters. The van der Waals surface area contributed by atoms with Gasteiger partial charge in [0.25, 0.3) is 0 Å². The number of nitrogens with zero attached hydrogens (tertiary/aromatic N) is 3. The first-order chi connectivity index (χ1) is 7.33. The number of hydrogen-bond donors (Lipinski definition) is 1. The van der Waals surface area contributed by atoms with E-state index >= 15 is 0 Å². The van der Waals surface area contributed by atoms with E-state index < -0.39 is 0 Å². The molecule has 1 aromatic heterocycles. The van der Waals surface area contributed by atoms with Crippen molar-refractivity contribution >= 4 is 0 Å². The first-order valence-corrected chi connectivity index (χ1v) is 4.68. The van der Waals surface area contributed by atoms with Gasteiger partial charge in [0, 0.05) is 5.92 Å². The van der Waals surface area contributed by atoms with Crippen molar-refractivity contribution in [2.45, 2.75) is 12.8 Å². The molecule has 0 fully saturated rings. The molecule has 0 spiro atoms. The van der Waals surface area contributed by atoms with E-state index in [2.05, 4.69) is 15.4 Å². The molecule has 4 nitrogen and oxygen atoms in total. The monoisotopic (exact) mass is 198 g/mol. The van der Waals surface area contributed by atoms with Crippen molar-refractivity contribution in [3.8, 4) is 6.07 Å². The van der Waals surface area contributed by atoms with E-state index in [4.69, 9.17) is 5.26 Å². The highest BCUT2D eigenvalue weighted by Crippen LogP contribution is 2.23. The van der Waals surface area contributed by atoms with Gasteiger partial charge >= 0.3 is 0 Å². The molecule has 74 valence electrons. The first kappa shape index (κ1) is 9.41. The van der Waals surface area contributed by atoms with Crippen LogP contribution < -0.4 is 0 Å². The van der Waals surface area contributed by atoms with Gasteiger partial charge in [-0.1, -0.05) is 37.3 Å². The Bertz CT molecular complexity index is 481. The fourth-order valence-corrected chi connectivity index (χ4v) is 1.52. The number of hydrogen-bond acceptors (Lipinski definition) is 3. The molecule has 1 atom stereocenters. The van der Waals surface area contributed by atoms with Gasteiger partial charge in [0.15, 0.2) is 5.69 Å². The molecule has 0 radical (unpaired) electrons. The van der Waals surface area contributed by atoms with Crippen molar-refractivity contribution in [3.63, 3.8) is 0 Å². The average molecular weight is 198 g/mol. The van der Waals surface area contributed by atoms with Crippen molar-refractivity contribution in [3.05, 3.63) is 47.3 Å². The van der Waals surface area contributed by atoms with Gasteiger partial charge in [-0.15, -0.1) is 5.10 Å². The topological polar surface area (TPSA) is 65.4 Å². The molecule has 0 bridgehead atoms. The lowest BCUT2D eigenvalue weighted by Crippen LogP contribution is -1.98. The Balaban J connectivity index is 2.38. The second-order valence-corrected chi connectivity index (χ2v) is 3.30. The summed E-state index contributed by atoms with van der Waals surface area (Å²) < 4.78 is 0. The minimum Gasteiger partial charge on any atom is -0.196 e. The van der Waals surface area contributed by atoms with Crippen molar-refractivity contribution in [1.82, 2.24) is 15.4 Å². The Morgan fingerprint density at radius 3 is 2.67 bits per heavy atom. The van der Waals surface area contributed by atoms with Gasteiger partial charge in [0.2, 0.25) is 0 Å². The number of rotatable bonds is 2. The summed E-state index contributed by atoms with van der Waals surface area (Å²) >= 11 is 0. The minimum absolute atomic E-state index is 0.0830. The van der Waals surface area contributed by atoms with E-state index in [9.17, 15) is 0 Å². The van der Waals surface area contributed by atoms with E-state index in [0.29, 0.717) is 11.4 Å². The van der Waals surface area contributed by atoms with Crippen LogP contribution in [-0.2, 0) is 0 Å². The van der Waals surface area contributed by atoms with Gasteiger partial charge in [-0.3, -0.25) is 0 Å². The maximum absolute atomic E-state index is 8.83. The summed E-state index contributed by atoms with van der Waals surface area (Å²) in [4.78, 5) is 0. The van der Waals surface area contributed by atoms with Crippen LogP contribution in [0.5, 0.6) is 0 Å². The number of H-pyrrole nitrogens is 1. The largest absolute Gasteiger partial charge is 0.196 e. The maximum atomic E-state index is 8.83. The molecule has 2 aromatic rings. The predicted octanol–water partition coefficient (Wildman–Crippen LogP) is 1.83. The molecule has 2 rings (SSSR count). The second-order valence-electron chi connectivity index (χ2n) is 3.30. The summed E-state index contributed by atoms with van der Waals surface area (Å²) in [5.74, 6) is 0.0830. The number of aromatic amines is 1.